The van der Waals surface area contributed by atoms with Crippen LogP contribution < -0.4 is 16.4 Å². The van der Waals surface area contributed by atoms with E-state index in [1.54, 1.807) is 61.2 Å². The standard InChI is InChI=1S/C25H22N4O6/c1-29-13-19(16-4-3-5-17(10-16)25(33)35-2)18-11-20(27-21(18)24(29)32)23(31)26-12-14-6-8-15(9-7-14)22(30)28-34/h3-11,13,27,34H,12H2,1-2H3,(H,26,31)(H,28,30). The van der Waals surface area contributed by atoms with Gasteiger partial charge in [0.15, 0.2) is 0 Å². The lowest BCUT2D eigenvalue weighted by Crippen LogP contribution is -2.23. The average Bonchev–Trinajstić information content (AvgIpc) is 3.34. The molecule has 2 aromatic heterocycles. The number of ether oxygens (including phenoxy) is 1. The lowest BCUT2D eigenvalue weighted by Gasteiger charge is -2.08. The number of H-pyrrole nitrogens is 1. The first kappa shape index (κ1) is 23.5. The number of hydrogen-bond donors (Lipinski definition) is 4. The first-order valence-electron chi connectivity index (χ1n) is 10.5. The number of hydrogen-bond acceptors (Lipinski definition) is 6. The Morgan fingerprint density at radius 3 is 2.46 bits per heavy atom. The van der Waals surface area contributed by atoms with E-state index in [1.807, 2.05) is 0 Å². The highest BCUT2D eigenvalue weighted by Crippen LogP contribution is 2.28. The van der Waals surface area contributed by atoms with Crippen LogP contribution in [0.1, 0.15) is 36.8 Å². The van der Waals surface area contributed by atoms with Crippen molar-refractivity contribution in [2.75, 3.05) is 7.11 Å². The van der Waals surface area contributed by atoms with Crippen molar-refractivity contribution in [3.05, 3.63) is 93.5 Å². The number of nitrogens with one attached hydrogen (secondary N) is 3. The monoisotopic (exact) mass is 474 g/mol. The van der Waals surface area contributed by atoms with Gasteiger partial charge in [-0.2, -0.15) is 0 Å². The van der Waals surface area contributed by atoms with Crippen molar-refractivity contribution in [2.45, 2.75) is 6.54 Å². The van der Waals surface area contributed by atoms with E-state index in [0.29, 0.717) is 22.1 Å². The maximum atomic E-state index is 12.8. The summed E-state index contributed by atoms with van der Waals surface area (Å²) >= 11 is 0. The summed E-state index contributed by atoms with van der Waals surface area (Å²) < 4.78 is 6.20. The van der Waals surface area contributed by atoms with Crippen molar-refractivity contribution >= 4 is 28.7 Å². The molecular formula is C25H22N4O6. The van der Waals surface area contributed by atoms with Crippen LogP contribution in [0, 0.1) is 0 Å². The van der Waals surface area contributed by atoms with Crippen LogP contribution in [0.4, 0.5) is 0 Å². The van der Waals surface area contributed by atoms with Crippen LogP contribution in [0.15, 0.2) is 65.6 Å². The summed E-state index contributed by atoms with van der Waals surface area (Å²) in [6.45, 7) is 0.182. The van der Waals surface area contributed by atoms with Crippen molar-refractivity contribution in [3.8, 4) is 11.1 Å². The van der Waals surface area contributed by atoms with E-state index in [1.165, 1.54) is 23.8 Å². The van der Waals surface area contributed by atoms with Gasteiger partial charge in [0.05, 0.1) is 12.7 Å². The van der Waals surface area contributed by atoms with Crippen LogP contribution in [-0.4, -0.2) is 39.7 Å². The molecule has 0 spiro atoms. The highest BCUT2D eigenvalue weighted by Gasteiger charge is 2.17. The number of aromatic nitrogens is 2. The Hall–Kier alpha value is -4.70. The van der Waals surface area contributed by atoms with Gasteiger partial charge in [-0.05, 0) is 41.5 Å². The number of aromatic amines is 1. The number of amides is 2. The first-order valence-corrected chi connectivity index (χ1v) is 10.5. The molecular weight excluding hydrogens is 452 g/mol. The lowest BCUT2D eigenvalue weighted by molar-refractivity contribution is 0.0600. The van der Waals surface area contributed by atoms with E-state index in [9.17, 15) is 19.2 Å². The Kier molecular flexibility index (Phi) is 6.47. The third-order valence-electron chi connectivity index (χ3n) is 5.57. The number of nitrogens with zero attached hydrogens (tertiary/aromatic N) is 1. The van der Waals surface area contributed by atoms with Crippen molar-refractivity contribution in [1.29, 1.82) is 0 Å². The molecule has 0 fully saturated rings. The highest BCUT2D eigenvalue weighted by atomic mass is 16.5. The van der Waals surface area contributed by atoms with Gasteiger partial charge in [-0.25, -0.2) is 10.3 Å². The molecule has 2 heterocycles. The fourth-order valence-corrected chi connectivity index (χ4v) is 3.73. The zero-order chi connectivity index (χ0) is 25.1. The second-order valence-corrected chi connectivity index (χ2v) is 7.82. The minimum absolute atomic E-state index is 0.182. The molecule has 10 heteroatoms. The highest BCUT2D eigenvalue weighted by molar-refractivity contribution is 6.03. The largest absolute Gasteiger partial charge is 0.465 e. The normalized spacial score (nSPS) is 10.7. The third-order valence-corrected chi connectivity index (χ3v) is 5.57. The van der Waals surface area contributed by atoms with E-state index >= 15 is 0 Å². The summed E-state index contributed by atoms with van der Waals surface area (Å²) in [4.78, 5) is 51.9. The van der Waals surface area contributed by atoms with Gasteiger partial charge < -0.3 is 19.6 Å². The molecule has 2 amide bonds. The Balaban J connectivity index is 1.63. The molecule has 0 aliphatic carbocycles. The Bertz CT molecular complexity index is 1500. The maximum absolute atomic E-state index is 12.8. The van der Waals surface area contributed by atoms with Gasteiger partial charge in [0.25, 0.3) is 17.4 Å². The van der Waals surface area contributed by atoms with Gasteiger partial charge in [-0.15, -0.1) is 0 Å². The molecule has 4 aromatic rings. The summed E-state index contributed by atoms with van der Waals surface area (Å²) in [7, 11) is 2.91. The molecule has 0 aliphatic rings. The molecule has 0 saturated heterocycles. The number of carbonyl (C=O) groups is 3. The summed E-state index contributed by atoms with van der Waals surface area (Å²) in [6, 6.07) is 14.8. The lowest BCUT2D eigenvalue weighted by atomic mass is 10.0. The van der Waals surface area contributed by atoms with E-state index < -0.39 is 17.8 Å². The molecule has 0 aliphatic heterocycles. The number of fused-ring (bicyclic) bond motifs is 1. The number of pyridine rings is 1. The van der Waals surface area contributed by atoms with Crippen molar-refractivity contribution in [3.63, 3.8) is 0 Å². The average molecular weight is 474 g/mol. The fraction of sp³-hybridized carbons (Fsp3) is 0.120. The van der Waals surface area contributed by atoms with Gasteiger partial charge >= 0.3 is 5.97 Å². The minimum atomic E-state index is -0.631. The summed E-state index contributed by atoms with van der Waals surface area (Å²) in [5, 5.41) is 12.0. The number of esters is 1. The van der Waals surface area contributed by atoms with Gasteiger partial charge in [-0.1, -0.05) is 24.3 Å². The quantitative estimate of drug-likeness (QED) is 0.192. The van der Waals surface area contributed by atoms with Crippen LogP contribution in [0.2, 0.25) is 0 Å². The van der Waals surface area contributed by atoms with Gasteiger partial charge in [0, 0.05) is 36.3 Å². The molecule has 0 unspecified atom stereocenters. The fourth-order valence-electron chi connectivity index (χ4n) is 3.73. The molecule has 2 aromatic carbocycles. The summed E-state index contributed by atoms with van der Waals surface area (Å²) in [5.41, 5.74) is 4.45. The van der Waals surface area contributed by atoms with Crippen molar-refractivity contribution in [1.82, 2.24) is 20.3 Å². The molecule has 178 valence electrons. The molecule has 4 N–H and O–H groups in total. The number of carbonyl (C=O) groups excluding carboxylic acids is 3. The predicted octanol–water partition coefficient (Wildman–Crippen LogP) is 2.37. The van der Waals surface area contributed by atoms with Crippen LogP contribution in [0.3, 0.4) is 0 Å². The van der Waals surface area contributed by atoms with Crippen LogP contribution in [-0.2, 0) is 18.3 Å². The smallest absolute Gasteiger partial charge is 0.337 e. The number of aryl methyl sites for hydroxylation is 1. The molecule has 10 nitrogen and oxygen atoms in total. The summed E-state index contributed by atoms with van der Waals surface area (Å²) in [5.74, 6) is -1.53. The second-order valence-electron chi connectivity index (χ2n) is 7.82. The number of methoxy groups -OCH3 is 1. The first-order chi connectivity index (χ1) is 16.8. The Morgan fingerprint density at radius 1 is 1.03 bits per heavy atom. The maximum Gasteiger partial charge on any atom is 0.337 e. The van der Waals surface area contributed by atoms with Crippen LogP contribution in [0.25, 0.3) is 22.0 Å². The topological polar surface area (TPSA) is 143 Å². The number of rotatable bonds is 6. The molecule has 4 rings (SSSR count). The molecule has 0 atom stereocenters. The Morgan fingerprint density at radius 2 is 1.77 bits per heavy atom. The molecule has 0 saturated carbocycles. The van der Waals surface area contributed by atoms with E-state index in [4.69, 9.17) is 9.94 Å². The second kappa shape index (κ2) is 9.65. The Labute approximate surface area is 199 Å². The van der Waals surface area contributed by atoms with E-state index in [0.717, 1.165) is 5.56 Å². The molecule has 0 bridgehead atoms. The zero-order valence-electron chi connectivity index (χ0n) is 18.9. The number of benzene rings is 2. The minimum Gasteiger partial charge on any atom is -0.465 e. The SMILES string of the molecule is COC(=O)c1cccc(-c2cn(C)c(=O)c3[nH]c(C(=O)NCc4ccc(C(=O)NO)cc4)cc23)c1. The van der Waals surface area contributed by atoms with E-state index in [2.05, 4.69) is 10.3 Å². The van der Waals surface area contributed by atoms with Crippen LogP contribution >= 0.6 is 0 Å². The van der Waals surface area contributed by atoms with Gasteiger partial charge in [-0.3, -0.25) is 19.6 Å². The van der Waals surface area contributed by atoms with Crippen molar-refractivity contribution in [2.24, 2.45) is 7.05 Å². The van der Waals surface area contributed by atoms with E-state index in [-0.39, 0.29) is 28.9 Å². The zero-order valence-corrected chi connectivity index (χ0v) is 18.9. The predicted molar refractivity (Wildman–Crippen MR) is 127 cm³/mol. The van der Waals surface area contributed by atoms with Crippen LogP contribution in [0.5, 0.6) is 0 Å². The molecule has 35 heavy (non-hydrogen) atoms. The van der Waals surface area contributed by atoms with Gasteiger partial charge in [0.1, 0.15) is 11.2 Å². The van der Waals surface area contributed by atoms with Crippen molar-refractivity contribution < 1.29 is 24.3 Å². The van der Waals surface area contributed by atoms with Gasteiger partial charge in [0.2, 0.25) is 0 Å². The third kappa shape index (κ3) is 4.68. The number of hydroxylamine groups is 1. The molecule has 0 radical (unpaired) electrons. The summed E-state index contributed by atoms with van der Waals surface area (Å²) in [6.07, 6.45) is 1.65.